The molecular formula is C13H23ClN2O2. The van der Waals surface area contributed by atoms with Gasteiger partial charge in [0.2, 0.25) is 5.91 Å². The Kier molecular flexibility index (Phi) is 3.90. The Balaban J connectivity index is 0.00000120. The molecule has 0 aromatic rings. The van der Waals surface area contributed by atoms with Crippen molar-refractivity contribution in [3.05, 3.63) is 0 Å². The zero-order chi connectivity index (χ0) is 12.0. The van der Waals surface area contributed by atoms with Crippen molar-refractivity contribution in [2.24, 2.45) is 11.8 Å². The summed E-state index contributed by atoms with van der Waals surface area (Å²) in [7, 11) is 0. The minimum absolute atomic E-state index is 0. The number of amides is 1. The monoisotopic (exact) mass is 274 g/mol. The number of carbonyl (C=O) groups is 1. The van der Waals surface area contributed by atoms with E-state index < -0.39 is 0 Å². The number of hydrogen-bond donors (Lipinski definition) is 1. The summed E-state index contributed by atoms with van der Waals surface area (Å²) in [5.41, 5.74) is -0.268. The van der Waals surface area contributed by atoms with Crippen molar-refractivity contribution in [1.82, 2.24) is 10.2 Å². The van der Waals surface area contributed by atoms with Crippen LogP contribution in [0, 0.1) is 11.8 Å². The number of hydrogen-bond acceptors (Lipinski definition) is 3. The van der Waals surface area contributed by atoms with Crippen LogP contribution in [0.15, 0.2) is 0 Å². The van der Waals surface area contributed by atoms with Gasteiger partial charge in [0, 0.05) is 25.3 Å². The molecule has 3 atom stereocenters. The largest absolute Gasteiger partial charge is 0.353 e. The van der Waals surface area contributed by atoms with Crippen LogP contribution in [0.2, 0.25) is 0 Å². The third-order valence-corrected chi connectivity index (χ3v) is 4.68. The second-order valence-corrected chi connectivity index (χ2v) is 5.92. The molecule has 0 aromatic heterocycles. The zero-order valence-corrected chi connectivity index (χ0v) is 12.0. The Hall–Kier alpha value is -0.320. The summed E-state index contributed by atoms with van der Waals surface area (Å²) in [4.78, 5) is 14.4. The lowest BCUT2D eigenvalue weighted by Gasteiger charge is -2.51. The average molecular weight is 275 g/mol. The molecule has 3 fully saturated rings. The summed E-state index contributed by atoms with van der Waals surface area (Å²) in [6.45, 7) is 7.05. The van der Waals surface area contributed by atoms with Crippen LogP contribution in [0.25, 0.3) is 0 Å². The quantitative estimate of drug-likeness (QED) is 0.786. The lowest BCUT2D eigenvalue weighted by Crippen LogP contribution is -2.64. The topological polar surface area (TPSA) is 41.6 Å². The molecule has 104 valence electrons. The molecule has 1 N–H and O–H groups in total. The predicted molar refractivity (Wildman–Crippen MR) is 71.6 cm³/mol. The van der Waals surface area contributed by atoms with Crippen LogP contribution in [0.4, 0.5) is 0 Å². The second kappa shape index (κ2) is 4.99. The van der Waals surface area contributed by atoms with E-state index in [0.29, 0.717) is 24.2 Å². The van der Waals surface area contributed by atoms with Gasteiger partial charge in [-0.05, 0) is 18.9 Å². The molecule has 3 heterocycles. The van der Waals surface area contributed by atoms with Crippen molar-refractivity contribution in [3.8, 4) is 0 Å². The predicted octanol–water partition coefficient (Wildman–Crippen LogP) is 1.39. The minimum Gasteiger partial charge on any atom is -0.353 e. The van der Waals surface area contributed by atoms with Gasteiger partial charge in [0.1, 0.15) is 5.72 Å². The summed E-state index contributed by atoms with van der Waals surface area (Å²) >= 11 is 0. The summed E-state index contributed by atoms with van der Waals surface area (Å²) in [6.07, 6.45) is 2.63. The zero-order valence-electron chi connectivity index (χ0n) is 11.1. The average Bonchev–Trinajstić information content (AvgIpc) is 2.69. The lowest BCUT2D eigenvalue weighted by molar-refractivity contribution is -0.183. The number of nitrogens with one attached hydrogen (secondary N) is 1. The molecule has 0 radical (unpaired) electrons. The molecule has 3 saturated heterocycles. The summed E-state index contributed by atoms with van der Waals surface area (Å²) in [5.74, 6) is 1.27. The van der Waals surface area contributed by atoms with Crippen molar-refractivity contribution >= 4 is 18.3 Å². The second-order valence-electron chi connectivity index (χ2n) is 5.92. The summed E-state index contributed by atoms with van der Waals surface area (Å²) in [6, 6.07) is 0.281. The highest BCUT2D eigenvalue weighted by Crippen LogP contribution is 2.45. The Morgan fingerprint density at radius 1 is 1.50 bits per heavy atom. The fourth-order valence-electron chi connectivity index (χ4n) is 3.70. The molecule has 3 aliphatic heterocycles. The third-order valence-electron chi connectivity index (χ3n) is 4.68. The maximum absolute atomic E-state index is 12.3. The first-order valence-electron chi connectivity index (χ1n) is 6.82. The number of carbonyl (C=O) groups excluding carboxylic acids is 1. The van der Waals surface area contributed by atoms with E-state index in [1.807, 2.05) is 0 Å². The summed E-state index contributed by atoms with van der Waals surface area (Å²) < 4.78 is 6.16. The van der Waals surface area contributed by atoms with E-state index in [-0.39, 0.29) is 24.2 Å². The van der Waals surface area contributed by atoms with E-state index in [9.17, 15) is 4.79 Å². The first kappa shape index (κ1) is 14.1. The third kappa shape index (κ3) is 1.86. The SMILES string of the molecule is CC(C)C1COC23CCNCC2CCC(=O)N13.Cl. The van der Waals surface area contributed by atoms with Crippen LogP contribution in [0.1, 0.15) is 33.1 Å². The highest BCUT2D eigenvalue weighted by Gasteiger charge is 2.57. The van der Waals surface area contributed by atoms with Gasteiger partial charge in [-0.1, -0.05) is 13.8 Å². The molecule has 0 bridgehead atoms. The van der Waals surface area contributed by atoms with E-state index >= 15 is 0 Å². The fraction of sp³-hybridized carbons (Fsp3) is 0.923. The lowest BCUT2D eigenvalue weighted by atomic mass is 9.80. The Labute approximate surface area is 115 Å². The van der Waals surface area contributed by atoms with Gasteiger partial charge < -0.3 is 15.0 Å². The standard InChI is InChI=1S/C13H22N2O2.ClH/c1-9(2)11-8-17-13-5-6-14-7-10(13)3-4-12(16)15(11)13;/h9-11,14H,3-8H2,1-2H3;1H. The molecule has 3 rings (SSSR count). The number of ether oxygens (including phenoxy) is 1. The van der Waals surface area contributed by atoms with E-state index in [1.165, 1.54) is 0 Å². The van der Waals surface area contributed by atoms with Crippen LogP contribution < -0.4 is 5.32 Å². The van der Waals surface area contributed by atoms with E-state index in [2.05, 4.69) is 24.1 Å². The molecule has 4 nitrogen and oxygen atoms in total. The molecule has 5 heteroatoms. The highest BCUT2D eigenvalue weighted by molar-refractivity contribution is 5.85. The van der Waals surface area contributed by atoms with Gasteiger partial charge in [0.15, 0.2) is 0 Å². The van der Waals surface area contributed by atoms with Crippen LogP contribution in [0.5, 0.6) is 0 Å². The van der Waals surface area contributed by atoms with Crippen molar-refractivity contribution in [3.63, 3.8) is 0 Å². The maximum Gasteiger partial charge on any atom is 0.225 e. The van der Waals surface area contributed by atoms with Crippen LogP contribution in [-0.4, -0.2) is 42.3 Å². The highest BCUT2D eigenvalue weighted by atomic mass is 35.5. The van der Waals surface area contributed by atoms with Gasteiger partial charge >= 0.3 is 0 Å². The van der Waals surface area contributed by atoms with E-state index in [0.717, 1.165) is 32.5 Å². The molecule has 1 amide bonds. The van der Waals surface area contributed by atoms with Gasteiger partial charge in [-0.2, -0.15) is 0 Å². The Morgan fingerprint density at radius 3 is 3.00 bits per heavy atom. The summed E-state index contributed by atoms with van der Waals surface area (Å²) in [5, 5.41) is 3.43. The molecule has 1 spiro atoms. The smallest absolute Gasteiger partial charge is 0.225 e. The Bertz CT molecular complexity index is 337. The minimum atomic E-state index is -0.268. The van der Waals surface area contributed by atoms with Gasteiger partial charge in [-0.15, -0.1) is 12.4 Å². The number of halogens is 1. The molecule has 0 aliphatic carbocycles. The molecule has 18 heavy (non-hydrogen) atoms. The molecule has 0 aromatic carbocycles. The van der Waals surface area contributed by atoms with Crippen molar-refractivity contribution in [1.29, 1.82) is 0 Å². The van der Waals surface area contributed by atoms with Gasteiger partial charge in [-0.25, -0.2) is 0 Å². The van der Waals surface area contributed by atoms with Crippen LogP contribution >= 0.6 is 12.4 Å². The van der Waals surface area contributed by atoms with E-state index in [1.54, 1.807) is 0 Å². The van der Waals surface area contributed by atoms with Gasteiger partial charge in [-0.3, -0.25) is 4.79 Å². The van der Waals surface area contributed by atoms with Crippen molar-refractivity contribution in [2.45, 2.75) is 44.9 Å². The Morgan fingerprint density at radius 2 is 2.28 bits per heavy atom. The van der Waals surface area contributed by atoms with E-state index in [4.69, 9.17) is 4.74 Å². The molecule has 3 unspecified atom stereocenters. The molecular weight excluding hydrogens is 252 g/mol. The fourth-order valence-corrected chi connectivity index (χ4v) is 3.70. The number of nitrogens with zero attached hydrogens (tertiary/aromatic N) is 1. The maximum atomic E-state index is 12.3. The van der Waals surface area contributed by atoms with Gasteiger partial charge in [0.25, 0.3) is 0 Å². The number of rotatable bonds is 1. The van der Waals surface area contributed by atoms with Crippen LogP contribution in [-0.2, 0) is 9.53 Å². The molecule has 0 saturated carbocycles. The van der Waals surface area contributed by atoms with Crippen molar-refractivity contribution < 1.29 is 9.53 Å². The first-order valence-corrected chi connectivity index (χ1v) is 6.82. The van der Waals surface area contributed by atoms with Gasteiger partial charge in [0.05, 0.1) is 12.6 Å². The van der Waals surface area contributed by atoms with Crippen molar-refractivity contribution in [2.75, 3.05) is 19.7 Å². The molecule has 3 aliphatic rings. The van der Waals surface area contributed by atoms with Crippen LogP contribution in [0.3, 0.4) is 0 Å². The number of piperidine rings is 2. The normalized spacial score (nSPS) is 39.3. The first-order chi connectivity index (χ1) is 8.15.